The summed E-state index contributed by atoms with van der Waals surface area (Å²) in [4.78, 5) is 28.0. The largest absolute Gasteiger partial charge is 0.476 e. The standard InChI is InChI=1S/C13H22N4O3/c1-9(2)10(3)16(4)13(20)14-5-6-17-7-11(12(18)19)15-8-17/h7-10H,5-6H2,1-4H3,(H,14,20)(H,18,19). The molecule has 1 aromatic heterocycles. The summed E-state index contributed by atoms with van der Waals surface area (Å²) in [5.41, 5.74) is 0.00174. The van der Waals surface area contributed by atoms with E-state index in [1.807, 2.05) is 6.92 Å². The van der Waals surface area contributed by atoms with Crippen LogP contribution in [0.15, 0.2) is 12.5 Å². The normalized spacial score (nSPS) is 12.2. The second-order valence-electron chi connectivity index (χ2n) is 5.13. The van der Waals surface area contributed by atoms with E-state index in [1.165, 1.54) is 12.5 Å². The van der Waals surface area contributed by atoms with Crippen molar-refractivity contribution in [1.82, 2.24) is 19.8 Å². The van der Waals surface area contributed by atoms with E-state index in [1.54, 1.807) is 16.5 Å². The van der Waals surface area contributed by atoms with Crippen molar-refractivity contribution in [3.63, 3.8) is 0 Å². The highest BCUT2D eigenvalue weighted by atomic mass is 16.4. The van der Waals surface area contributed by atoms with Crippen molar-refractivity contribution in [2.75, 3.05) is 13.6 Å². The number of carbonyl (C=O) groups is 2. The molecule has 2 N–H and O–H groups in total. The van der Waals surface area contributed by atoms with Gasteiger partial charge in [-0.2, -0.15) is 0 Å². The van der Waals surface area contributed by atoms with Crippen molar-refractivity contribution in [3.8, 4) is 0 Å². The summed E-state index contributed by atoms with van der Waals surface area (Å²) in [7, 11) is 1.76. The van der Waals surface area contributed by atoms with Gasteiger partial charge in [0, 0.05) is 32.4 Å². The number of urea groups is 1. The zero-order valence-electron chi connectivity index (χ0n) is 12.3. The first-order valence-electron chi connectivity index (χ1n) is 6.58. The highest BCUT2D eigenvalue weighted by Crippen LogP contribution is 2.07. The Hall–Kier alpha value is -2.05. The molecular formula is C13H22N4O3. The summed E-state index contributed by atoms with van der Waals surface area (Å²) in [5, 5.41) is 11.5. The molecule has 2 amide bonds. The molecule has 1 rings (SSSR count). The van der Waals surface area contributed by atoms with Crippen LogP contribution in [-0.4, -0.2) is 51.2 Å². The first-order valence-corrected chi connectivity index (χ1v) is 6.58. The number of hydrogen-bond acceptors (Lipinski definition) is 3. The molecular weight excluding hydrogens is 260 g/mol. The van der Waals surface area contributed by atoms with Crippen molar-refractivity contribution in [2.45, 2.75) is 33.4 Å². The van der Waals surface area contributed by atoms with E-state index in [-0.39, 0.29) is 17.8 Å². The van der Waals surface area contributed by atoms with Crippen LogP contribution in [0.5, 0.6) is 0 Å². The molecule has 0 aliphatic carbocycles. The van der Waals surface area contributed by atoms with Gasteiger partial charge in [-0.3, -0.25) is 0 Å². The van der Waals surface area contributed by atoms with Crippen LogP contribution in [0.4, 0.5) is 4.79 Å². The molecule has 1 atom stereocenters. The van der Waals surface area contributed by atoms with Crippen LogP contribution in [0.2, 0.25) is 0 Å². The van der Waals surface area contributed by atoms with E-state index >= 15 is 0 Å². The Morgan fingerprint density at radius 2 is 2.10 bits per heavy atom. The minimum Gasteiger partial charge on any atom is -0.476 e. The Morgan fingerprint density at radius 1 is 1.45 bits per heavy atom. The van der Waals surface area contributed by atoms with Gasteiger partial charge in [-0.1, -0.05) is 13.8 Å². The molecule has 0 spiro atoms. The lowest BCUT2D eigenvalue weighted by Gasteiger charge is -2.28. The van der Waals surface area contributed by atoms with Gasteiger partial charge in [0.2, 0.25) is 0 Å². The molecule has 0 saturated heterocycles. The number of aromatic nitrogens is 2. The Kier molecular flexibility index (Phi) is 5.54. The van der Waals surface area contributed by atoms with Gasteiger partial charge in [-0.15, -0.1) is 0 Å². The number of carbonyl (C=O) groups excluding carboxylic acids is 1. The second-order valence-corrected chi connectivity index (χ2v) is 5.13. The number of hydrogen-bond donors (Lipinski definition) is 2. The van der Waals surface area contributed by atoms with E-state index < -0.39 is 5.97 Å². The fourth-order valence-corrected chi connectivity index (χ4v) is 1.64. The number of carboxylic acid groups (broad SMARTS) is 1. The zero-order valence-corrected chi connectivity index (χ0v) is 12.3. The fraction of sp³-hybridized carbons (Fsp3) is 0.615. The van der Waals surface area contributed by atoms with Gasteiger partial charge in [0.25, 0.3) is 0 Å². The maximum atomic E-state index is 11.9. The summed E-state index contributed by atoms with van der Waals surface area (Å²) in [6.45, 7) is 7.03. The first kappa shape index (κ1) is 16.0. The van der Waals surface area contributed by atoms with Crippen LogP contribution in [-0.2, 0) is 6.54 Å². The summed E-state index contributed by atoms with van der Waals surface area (Å²) in [5.74, 6) is -0.671. The zero-order chi connectivity index (χ0) is 15.3. The minimum absolute atomic E-state index is 0.00174. The average Bonchev–Trinajstić information content (AvgIpc) is 2.85. The predicted molar refractivity (Wildman–Crippen MR) is 74.6 cm³/mol. The van der Waals surface area contributed by atoms with E-state index in [0.717, 1.165) is 0 Å². The Balaban J connectivity index is 2.39. The van der Waals surface area contributed by atoms with E-state index in [2.05, 4.69) is 24.1 Å². The summed E-state index contributed by atoms with van der Waals surface area (Å²) in [6.07, 6.45) is 2.88. The van der Waals surface area contributed by atoms with Gasteiger partial charge in [-0.25, -0.2) is 14.6 Å². The lowest BCUT2D eigenvalue weighted by atomic mass is 10.1. The summed E-state index contributed by atoms with van der Waals surface area (Å²) < 4.78 is 1.63. The topological polar surface area (TPSA) is 87.5 Å². The maximum absolute atomic E-state index is 11.9. The first-order chi connectivity index (χ1) is 9.32. The molecule has 1 aromatic rings. The molecule has 7 nitrogen and oxygen atoms in total. The average molecular weight is 282 g/mol. The quantitative estimate of drug-likeness (QED) is 0.822. The molecule has 0 bridgehead atoms. The van der Waals surface area contributed by atoms with Gasteiger partial charge in [-0.05, 0) is 12.8 Å². The molecule has 1 unspecified atom stereocenters. The third-order valence-corrected chi connectivity index (χ3v) is 3.39. The van der Waals surface area contributed by atoms with Crippen molar-refractivity contribution >= 4 is 12.0 Å². The van der Waals surface area contributed by atoms with Crippen LogP contribution in [0.1, 0.15) is 31.3 Å². The molecule has 112 valence electrons. The van der Waals surface area contributed by atoms with Gasteiger partial charge in [0.15, 0.2) is 5.69 Å². The molecule has 0 radical (unpaired) electrons. The van der Waals surface area contributed by atoms with Crippen LogP contribution < -0.4 is 5.32 Å². The Bertz CT molecular complexity index is 470. The summed E-state index contributed by atoms with van der Waals surface area (Å²) in [6, 6.07) is 0.0200. The maximum Gasteiger partial charge on any atom is 0.356 e. The smallest absolute Gasteiger partial charge is 0.356 e. The molecule has 20 heavy (non-hydrogen) atoms. The van der Waals surface area contributed by atoms with Crippen LogP contribution in [0.3, 0.4) is 0 Å². The Labute approximate surface area is 118 Å². The monoisotopic (exact) mass is 282 g/mol. The molecule has 0 aromatic carbocycles. The van der Waals surface area contributed by atoms with Crippen molar-refractivity contribution < 1.29 is 14.7 Å². The lowest BCUT2D eigenvalue weighted by Crippen LogP contribution is -2.45. The number of imidazole rings is 1. The predicted octanol–water partition coefficient (Wildman–Crippen LogP) is 1.27. The third-order valence-electron chi connectivity index (χ3n) is 3.39. The van der Waals surface area contributed by atoms with Crippen LogP contribution >= 0.6 is 0 Å². The molecule has 7 heteroatoms. The minimum atomic E-state index is -1.06. The third kappa shape index (κ3) is 4.25. The van der Waals surface area contributed by atoms with E-state index in [9.17, 15) is 9.59 Å². The van der Waals surface area contributed by atoms with Crippen molar-refractivity contribution in [1.29, 1.82) is 0 Å². The van der Waals surface area contributed by atoms with E-state index in [4.69, 9.17) is 5.11 Å². The van der Waals surface area contributed by atoms with Crippen LogP contribution in [0.25, 0.3) is 0 Å². The van der Waals surface area contributed by atoms with Crippen LogP contribution in [0, 0.1) is 5.92 Å². The number of nitrogens with one attached hydrogen (secondary N) is 1. The molecule has 0 fully saturated rings. The van der Waals surface area contributed by atoms with Gasteiger partial charge in [0.1, 0.15) is 0 Å². The highest BCUT2D eigenvalue weighted by molar-refractivity contribution is 5.84. The second kappa shape index (κ2) is 6.93. The molecule has 0 aliphatic heterocycles. The molecule has 0 aliphatic rings. The number of nitrogens with zero attached hydrogens (tertiary/aromatic N) is 3. The van der Waals surface area contributed by atoms with Crippen molar-refractivity contribution in [2.24, 2.45) is 5.92 Å². The van der Waals surface area contributed by atoms with Gasteiger partial charge >= 0.3 is 12.0 Å². The van der Waals surface area contributed by atoms with Crippen molar-refractivity contribution in [3.05, 3.63) is 18.2 Å². The number of aromatic carboxylic acids is 1. The van der Waals surface area contributed by atoms with E-state index in [0.29, 0.717) is 19.0 Å². The van der Waals surface area contributed by atoms with Gasteiger partial charge < -0.3 is 19.9 Å². The Morgan fingerprint density at radius 3 is 2.60 bits per heavy atom. The van der Waals surface area contributed by atoms with Gasteiger partial charge in [0.05, 0.1) is 6.33 Å². The number of carboxylic acids is 1. The lowest BCUT2D eigenvalue weighted by molar-refractivity contribution is 0.0691. The SMILES string of the molecule is CC(C)C(C)N(C)C(=O)NCCn1cnc(C(=O)O)c1. The molecule has 0 saturated carbocycles. The highest BCUT2D eigenvalue weighted by Gasteiger charge is 2.17. The molecule has 1 heterocycles. The fourth-order valence-electron chi connectivity index (χ4n) is 1.64. The summed E-state index contributed by atoms with van der Waals surface area (Å²) >= 11 is 0. The number of rotatable bonds is 6. The number of amides is 2.